The maximum Gasteiger partial charge on any atom is 0.254 e. The molecule has 0 fully saturated rings. The number of para-hydroxylation sites is 2. The van der Waals surface area contributed by atoms with E-state index in [9.17, 15) is 14.4 Å². The van der Waals surface area contributed by atoms with Crippen LogP contribution in [0.1, 0.15) is 24.1 Å². The molecule has 0 spiro atoms. The molecule has 34 heavy (non-hydrogen) atoms. The van der Waals surface area contributed by atoms with Crippen molar-refractivity contribution in [2.45, 2.75) is 31.5 Å². The van der Waals surface area contributed by atoms with Gasteiger partial charge in [-0.15, -0.1) is 0 Å². The molecule has 0 unspecified atom stereocenters. The highest BCUT2D eigenvalue weighted by atomic mass is 16.2. The van der Waals surface area contributed by atoms with E-state index >= 15 is 0 Å². The Morgan fingerprint density at radius 1 is 0.882 bits per heavy atom. The topological polar surface area (TPSA) is 90.5 Å². The van der Waals surface area contributed by atoms with Crippen LogP contribution in [0.25, 0.3) is 0 Å². The second-order valence-electron chi connectivity index (χ2n) is 8.27. The first-order chi connectivity index (χ1) is 16.5. The summed E-state index contributed by atoms with van der Waals surface area (Å²) in [5.74, 6) is -0.944. The minimum absolute atomic E-state index is 0.280. The number of nitrogens with zero attached hydrogens (tertiary/aromatic N) is 1. The average molecular weight is 457 g/mol. The molecule has 7 nitrogen and oxygen atoms in total. The van der Waals surface area contributed by atoms with Crippen LogP contribution in [0.4, 0.5) is 11.4 Å². The summed E-state index contributed by atoms with van der Waals surface area (Å²) in [7, 11) is 1.68. The van der Waals surface area contributed by atoms with Gasteiger partial charge in [-0.25, -0.2) is 0 Å². The monoisotopic (exact) mass is 456 g/mol. The van der Waals surface area contributed by atoms with Gasteiger partial charge in [-0.1, -0.05) is 66.7 Å². The van der Waals surface area contributed by atoms with Crippen molar-refractivity contribution in [1.82, 2.24) is 10.6 Å². The van der Waals surface area contributed by atoms with Gasteiger partial charge in [-0.3, -0.25) is 19.3 Å². The second kappa shape index (κ2) is 10.3. The van der Waals surface area contributed by atoms with E-state index in [1.54, 1.807) is 38.2 Å². The maximum absolute atomic E-state index is 14.0. The smallest absolute Gasteiger partial charge is 0.254 e. The Bertz CT molecular complexity index is 1170. The Kier molecular flexibility index (Phi) is 7.04. The predicted octanol–water partition coefficient (Wildman–Crippen LogP) is 3.05. The van der Waals surface area contributed by atoms with Crippen LogP contribution >= 0.6 is 0 Å². The van der Waals surface area contributed by atoms with Gasteiger partial charge in [-0.2, -0.15) is 0 Å². The molecule has 0 aromatic heterocycles. The van der Waals surface area contributed by atoms with Crippen LogP contribution in [-0.2, 0) is 20.8 Å². The van der Waals surface area contributed by atoms with E-state index in [0.717, 1.165) is 5.56 Å². The van der Waals surface area contributed by atoms with Crippen LogP contribution in [0.5, 0.6) is 0 Å². The summed E-state index contributed by atoms with van der Waals surface area (Å²) in [5.41, 5.74) is 2.89. The predicted molar refractivity (Wildman–Crippen MR) is 132 cm³/mol. The maximum atomic E-state index is 14.0. The molecule has 3 aromatic rings. The lowest BCUT2D eigenvalue weighted by molar-refractivity contribution is -0.129. The number of rotatable bonds is 7. The molecule has 0 bridgehead atoms. The van der Waals surface area contributed by atoms with Gasteiger partial charge in [0, 0.05) is 17.8 Å². The normalized spacial score (nSPS) is 16.3. The summed E-state index contributed by atoms with van der Waals surface area (Å²) in [6.45, 7) is 1.73. The largest absolute Gasteiger partial charge is 0.339 e. The van der Waals surface area contributed by atoms with Crippen LogP contribution < -0.4 is 20.9 Å². The molecule has 7 heteroatoms. The zero-order valence-electron chi connectivity index (χ0n) is 19.2. The number of carbonyl (C=O) groups excluding carboxylic acids is 3. The van der Waals surface area contributed by atoms with E-state index in [0.29, 0.717) is 23.4 Å². The van der Waals surface area contributed by atoms with Gasteiger partial charge in [0.1, 0.15) is 12.1 Å². The minimum atomic E-state index is -0.942. The Morgan fingerprint density at radius 3 is 2.18 bits per heavy atom. The number of hydrogen-bond acceptors (Lipinski definition) is 4. The lowest BCUT2D eigenvalue weighted by atomic mass is 10.0. The Labute approximate surface area is 199 Å². The highest BCUT2D eigenvalue weighted by Gasteiger charge is 2.41. The van der Waals surface area contributed by atoms with Crippen LogP contribution in [0.2, 0.25) is 0 Å². The molecule has 4 rings (SSSR count). The standard InChI is InChI=1S/C27H28N4O3/c1-18(28-2)25(32)30-24(19-11-5-3-6-12-19)27(34)31-22-16-10-9-13-20(22)17-23(31)26(33)29-21-14-7-4-8-15-21/h3-16,18,23-24,28H,17H2,1-2H3,(H,29,33)(H,30,32)/t18-,23-,24-/m0/s1. The first kappa shape index (κ1) is 23.2. The Hall–Kier alpha value is -3.97. The first-order valence-corrected chi connectivity index (χ1v) is 11.3. The SMILES string of the molecule is CN[C@@H](C)C(=O)N[C@H](C(=O)N1c2ccccc2C[C@H]1C(=O)Nc1ccccc1)c1ccccc1. The molecular formula is C27H28N4O3. The van der Waals surface area contributed by atoms with Crippen molar-refractivity contribution in [3.63, 3.8) is 0 Å². The molecule has 0 saturated heterocycles. The minimum Gasteiger partial charge on any atom is -0.339 e. The molecule has 0 aliphatic carbocycles. The summed E-state index contributed by atoms with van der Waals surface area (Å²) in [6, 6.07) is 23.6. The number of likely N-dealkylation sites (N-methyl/N-ethyl adjacent to an activating group) is 1. The summed E-state index contributed by atoms with van der Waals surface area (Å²) >= 11 is 0. The van der Waals surface area contributed by atoms with Crippen molar-refractivity contribution in [2.24, 2.45) is 0 Å². The number of fused-ring (bicyclic) bond motifs is 1. The van der Waals surface area contributed by atoms with E-state index in [1.807, 2.05) is 60.7 Å². The average Bonchev–Trinajstić information content (AvgIpc) is 3.27. The molecule has 3 atom stereocenters. The Morgan fingerprint density at radius 2 is 1.50 bits per heavy atom. The second-order valence-corrected chi connectivity index (χ2v) is 8.27. The summed E-state index contributed by atoms with van der Waals surface area (Å²) < 4.78 is 0. The van der Waals surface area contributed by atoms with E-state index < -0.39 is 18.1 Å². The van der Waals surface area contributed by atoms with Gasteiger partial charge in [0.15, 0.2) is 0 Å². The fourth-order valence-corrected chi connectivity index (χ4v) is 4.09. The molecule has 174 valence electrons. The summed E-state index contributed by atoms with van der Waals surface area (Å²) in [4.78, 5) is 41.6. The molecule has 1 aliphatic rings. The van der Waals surface area contributed by atoms with Gasteiger partial charge in [-0.05, 0) is 43.3 Å². The highest BCUT2D eigenvalue weighted by molar-refractivity contribution is 6.09. The van der Waals surface area contributed by atoms with Crippen molar-refractivity contribution in [3.05, 3.63) is 96.1 Å². The lowest BCUT2D eigenvalue weighted by Crippen LogP contribution is -2.52. The van der Waals surface area contributed by atoms with Crippen molar-refractivity contribution < 1.29 is 14.4 Å². The molecule has 3 N–H and O–H groups in total. The molecular weight excluding hydrogens is 428 g/mol. The Balaban J connectivity index is 1.69. The fourth-order valence-electron chi connectivity index (χ4n) is 4.09. The van der Waals surface area contributed by atoms with E-state index in [-0.39, 0.29) is 17.7 Å². The number of amides is 3. The lowest BCUT2D eigenvalue weighted by Gasteiger charge is -2.30. The molecule has 3 aromatic carbocycles. The molecule has 0 saturated carbocycles. The molecule has 0 radical (unpaired) electrons. The number of carbonyl (C=O) groups is 3. The van der Waals surface area contributed by atoms with Gasteiger partial charge < -0.3 is 16.0 Å². The van der Waals surface area contributed by atoms with Crippen LogP contribution in [-0.4, -0.2) is 36.9 Å². The van der Waals surface area contributed by atoms with E-state index in [4.69, 9.17) is 0 Å². The third-order valence-electron chi connectivity index (χ3n) is 6.05. The number of anilines is 2. The molecule has 3 amide bonds. The number of benzene rings is 3. The van der Waals surface area contributed by atoms with Crippen molar-refractivity contribution in [3.8, 4) is 0 Å². The quantitative estimate of drug-likeness (QED) is 0.510. The van der Waals surface area contributed by atoms with Gasteiger partial charge in [0.05, 0.1) is 6.04 Å². The van der Waals surface area contributed by atoms with Crippen molar-refractivity contribution in [2.75, 3.05) is 17.3 Å². The number of nitrogens with one attached hydrogen (secondary N) is 3. The highest BCUT2D eigenvalue weighted by Crippen LogP contribution is 2.35. The van der Waals surface area contributed by atoms with Crippen molar-refractivity contribution in [1.29, 1.82) is 0 Å². The molecule has 1 heterocycles. The fraction of sp³-hybridized carbons (Fsp3) is 0.222. The van der Waals surface area contributed by atoms with Gasteiger partial charge >= 0.3 is 0 Å². The third kappa shape index (κ3) is 4.84. The van der Waals surface area contributed by atoms with E-state index in [1.165, 1.54) is 4.90 Å². The first-order valence-electron chi connectivity index (χ1n) is 11.3. The van der Waals surface area contributed by atoms with Crippen LogP contribution in [0.15, 0.2) is 84.9 Å². The van der Waals surface area contributed by atoms with Crippen LogP contribution in [0.3, 0.4) is 0 Å². The molecule has 1 aliphatic heterocycles. The summed E-state index contributed by atoms with van der Waals surface area (Å²) in [6.07, 6.45) is 0.392. The summed E-state index contributed by atoms with van der Waals surface area (Å²) in [5, 5.41) is 8.70. The van der Waals surface area contributed by atoms with E-state index in [2.05, 4.69) is 16.0 Å². The van der Waals surface area contributed by atoms with Crippen molar-refractivity contribution >= 4 is 29.1 Å². The zero-order chi connectivity index (χ0) is 24.1. The third-order valence-corrected chi connectivity index (χ3v) is 6.05. The zero-order valence-corrected chi connectivity index (χ0v) is 19.2. The van der Waals surface area contributed by atoms with Gasteiger partial charge in [0.25, 0.3) is 5.91 Å². The van der Waals surface area contributed by atoms with Crippen LogP contribution in [0, 0.1) is 0 Å². The van der Waals surface area contributed by atoms with Gasteiger partial charge in [0.2, 0.25) is 11.8 Å². The number of hydrogen-bond donors (Lipinski definition) is 3.